The lowest BCUT2D eigenvalue weighted by Gasteiger charge is -2.37. The molecule has 1 saturated heterocycles. The lowest BCUT2D eigenvalue weighted by Crippen LogP contribution is -2.54. The number of rotatable bonds is 13. The van der Waals surface area contributed by atoms with Gasteiger partial charge >= 0.3 is 5.97 Å². The molecule has 50 heavy (non-hydrogen) atoms. The topological polar surface area (TPSA) is 156 Å². The van der Waals surface area contributed by atoms with Crippen LogP contribution in [0, 0.1) is 29.1 Å². The number of pyridine rings is 1. The normalized spacial score (nSPS) is 14.0. The second-order valence-electron chi connectivity index (χ2n) is 11.8. The van der Waals surface area contributed by atoms with E-state index < -0.39 is 59.2 Å². The highest BCUT2D eigenvalue weighted by Gasteiger charge is 2.29. The Morgan fingerprint density at radius 2 is 1.62 bits per heavy atom. The van der Waals surface area contributed by atoms with Gasteiger partial charge in [0.25, 0.3) is 0 Å². The Labute approximate surface area is 283 Å². The van der Waals surface area contributed by atoms with Crippen LogP contribution in [-0.4, -0.2) is 83.1 Å². The standard InChI is InChI=1S/C33H36F5N7O5/c1-3-4-5-21-42-29-19-16-18(6-7-20(19)41-32(39)30(29)43-21)44-10-12-45(13-11-44)33(48)17(2)40-22(46)8-14-49-15-9-23(47)50-31-27(37)25(35)24(34)26(36)28(31)38/h6-7,16-17H,3-5,8-15H2,1-2H3,(H2,39,41)(H,40,46)(H,42,43)/t17-/m0/s1. The molecule has 0 bridgehead atoms. The average Bonchev–Trinajstić information content (AvgIpc) is 3.55. The van der Waals surface area contributed by atoms with E-state index in [-0.39, 0.29) is 25.5 Å². The second kappa shape index (κ2) is 15.7. The van der Waals surface area contributed by atoms with Crippen LogP contribution in [0.25, 0.3) is 21.9 Å². The minimum Gasteiger partial charge on any atom is -0.420 e. The van der Waals surface area contributed by atoms with E-state index in [0.717, 1.165) is 52.7 Å². The summed E-state index contributed by atoms with van der Waals surface area (Å²) in [5, 5.41) is 3.49. The van der Waals surface area contributed by atoms with Crippen LogP contribution in [0.4, 0.5) is 33.5 Å². The van der Waals surface area contributed by atoms with Crippen molar-refractivity contribution in [3.05, 3.63) is 53.1 Å². The summed E-state index contributed by atoms with van der Waals surface area (Å²) in [7, 11) is 0. The molecule has 268 valence electrons. The summed E-state index contributed by atoms with van der Waals surface area (Å²) < 4.78 is 76.5. The first-order chi connectivity index (χ1) is 23.9. The first-order valence-corrected chi connectivity index (χ1v) is 16.1. The van der Waals surface area contributed by atoms with E-state index in [1.807, 2.05) is 18.2 Å². The van der Waals surface area contributed by atoms with E-state index in [4.69, 9.17) is 15.5 Å². The van der Waals surface area contributed by atoms with Crippen molar-refractivity contribution in [2.45, 2.75) is 52.0 Å². The zero-order valence-electron chi connectivity index (χ0n) is 27.4. The number of nitrogens with zero attached hydrogens (tertiary/aromatic N) is 4. The molecular formula is C33H36F5N7O5. The monoisotopic (exact) mass is 705 g/mol. The molecule has 17 heteroatoms. The molecule has 4 aromatic rings. The first kappa shape index (κ1) is 36.2. The van der Waals surface area contributed by atoms with Crippen LogP contribution in [0.15, 0.2) is 18.2 Å². The molecule has 0 spiro atoms. The molecule has 3 heterocycles. The van der Waals surface area contributed by atoms with Gasteiger partial charge in [0.15, 0.2) is 0 Å². The number of hydrogen-bond donors (Lipinski definition) is 3. The maximum atomic E-state index is 13.7. The number of aryl methyl sites for hydroxylation is 1. The number of ether oxygens (including phenoxy) is 2. The molecule has 4 N–H and O–H groups in total. The number of carbonyl (C=O) groups is 3. The third kappa shape index (κ3) is 7.87. The number of fused-ring (bicyclic) bond motifs is 3. The quantitative estimate of drug-likeness (QED) is 0.0462. The molecule has 5 rings (SSSR count). The highest BCUT2D eigenvalue weighted by atomic mass is 19.2. The summed E-state index contributed by atoms with van der Waals surface area (Å²) in [6, 6.07) is 5.08. The van der Waals surface area contributed by atoms with Gasteiger partial charge in [0.05, 0.1) is 25.2 Å². The number of esters is 1. The maximum Gasteiger partial charge on any atom is 0.313 e. The first-order valence-electron chi connectivity index (χ1n) is 16.1. The molecule has 2 aromatic carbocycles. The molecule has 1 aliphatic heterocycles. The molecule has 0 saturated carbocycles. The third-order valence-electron chi connectivity index (χ3n) is 8.27. The summed E-state index contributed by atoms with van der Waals surface area (Å²) in [4.78, 5) is 53.8. The Kier molecular flexibility index (Phi) is 11.3. The summed E-state index contributed by atoms with van der Waals surface area (Å²) in [6.07, 6.45) is 2.09. The number of unbranched alkanes of at least 4 members (excludes halogenated alkanes) is 1. The largest absolute Gasteiger partial charge is 0.420 e. The van der Waals surface area contributed by atoms with Gasteiger partial charge in [0.2, 0.25) is 46.6 Å². The van der Waals surface area contributed by atoms with Gasteiger partial charge in [-0.25, -0.2) is 23.1 Å². The molecule has 1 fully saturated rings. The van der Waals surface area contributed by atoms with Gasteiger partial charge in [-0.05, 0) is 31.5 Å². The summed E-state index contributed by atoms with van der Waals surface area (Å²) in [6.45, 7) is 5.12. The molecule has 2 amide bonds. The van der Waals surface area contributed by atoms with Crippen LogP contribution < -0.4 is 20.7 Å². The van der Waals surface area contributed by atoms with Crippen molar-refractivity contribution < 1.29 is 45.8 Å². The van der Waals surface area contributed by atoms with Crippen LogP contribution in [0.5, 0.6) is 5.75 Å². The number of amides is 2. The maximum absolute atomic E-state index is 13.7. The number of benzene rings is 2. The number of halogens is 5. The summed E-state index contributed by atoms with van der Waals surface area (Å²) in [5.74, 6) is -14.0. The van der Waals surface area contributed by atoms with Crippen molar-refractivity contribution in [2.75, 3.05) is 50.0 Å². The van der Waals surface area contributed by atoms with E-state index >= 15 is 0 Å². The number of hydrogen-bond acceptors (Lipinski definition) is 9. The third-order valence-corrected chi connectivity index (χ3v) is 8.27. The highest BCUT2D eigenvalue weighted by molar-refractivity contribution is 6.07. The van der Waals surface area contributed by atoms with Crippen LogP contribution in [0.2, 0.25) is 0 Å². The lowest BCUT2D eigenvalue weighted by atomic mass is 10.1. The number of H-pyrrole nitrogens is 1. The van der Waals surface area contributed by atoms with Crippen LogP contribution in [0.1, 0.15) is 45.4 Å². The fraction of sp³-hybridized carbons (Fsp3) is 0.424. The fourth-order valence-corrected chi connectivity index (χ4v) is 5.55. The van der Waals surface area contributed by atoms with E-state index in [1.54, 1.807) is 11.8 Å². The number of nitrogens with one attached hydrogen (secondary N) is 2. The van der Waals surface area contributed by atoms with Crippen molar-refractivity contribution in [3.8, 4) is 5.75 Å². The van der Waals surface area contributed by atoms with E-state index in [1.165, 1.54) is 0 Å². The highest BCUT2D eigenvalue weighted by Crippen LogP contribution is 2.31. The number of nitrogen functional groups attached to an aromatic ring is 1. The Balaban J connectivity index is 1.05. The van der Waals surface area contributed by atoms with Gasteiger partial charge in [-0.2, -0.15) is 8.78 Å². The lowest BCUT2D eigenvalue weighted by molar-refractivity contribution is -0.137. The number of anilines is 2. The van der Waals surface area contributed by atoms with Crippen LogP contribution in [0.3, 0.4) is 0 Å². The van der Waals surface area contributed by atoms with Gasteiger partial charge in [-0.15, -0.1) is 0 Å². The average molecular weight is 706 g/mol. The van der Waals surface area contributed by atoms with Crippen molar-refractivity contribution >= 4 is 51.2 Å². The van der Waals surface area contributed by atoms with Crippen molar-refractivity contribution in [2.24, 2.45) is 0 Å². The predicted octanol–water partition coefficient (Wildman–Crippen LogP) is 4.29. The Bertz CT molecular complexity index is 1890. The Morgan fingerprint density at radius 1 is 0.960 bits per heavy atom. The SMILES string of the molecule is CCCCc1nc2c([nH]1)c(N)nc1ccc(N3CCN(C(=O)[C@H](C)NC(=O)CCOCCC(=O)Oc4c(F)c(F)c(F)c(F)c4F)CC3)cc12. The molecule has 1 aliphatic rings. The zero-order chi connectivity index (χ0) is 36.1. The number of aromatic nitrogens is 3. The van der Waals surface area contributed by atoms with E-state index in [0.29, 0.717) is 32.0 Å². The second-order valence-corrected chi connectivity index (χ2v) is 11.8. The summed E-state index contributed by atoms with van der Waals surface area (Å²) in [5.41, 5.74) is 9.40. The molecule has 0 unspecified atom stereocenters. The fourth-order valence-electron chi connectivity index (χ4n) is 5.55. The van der Waals surface area contributed by atoms with Gasteiger partial charge in [-0.1, -0.05) is 13.3 Å². The Hall–Kier alpha value is -5.06. The number of nitrogens with two attached hydrogens (primary N) is 1. The molecule has 1 atom stereocenters. The zero-order valence-corrected chi connectivity index (χ0v) is 27.4. The molecule has 2 aromatic heterocycles. The minimum atomic E-state index is -2.38. The number of piperazine rings is 1. The van der Waals surface area contributed by atoms with Crippen molar-refractivity contribution in [1.29, 1.82) is 0 Å². The molecular weight excluding hydrogens is 669 g/mol. The number of aromatic amines is 1. The number of carbonyl (C=O) groups excluding carboxylic acids is 3. The summed E-state index contributed by atoms with van der Waals surface area (Å²) >= 11 is 0. The molecule has 0 radical (unpaired) electrons. The van der Waals surface area contributed by atoms with Gasteiger partial charge in [-0.3, -0.25) is 14.4 Å². The molecule has 0 aliphatic carbocycles. The predicted molar refractivity (Wildman–Crippen MR) is 173 cm³/mol. The van der Waals surface area contributed by atoms with Crippen LogP contribution >= 0.6 is 0 Å². The van der Waals surface area contributed by atoms with E-state index in [9.17, 15) is 36.3 Å². The smallest absolute Gasteiger partial charge is 0.313 e. The van der Waals surface area contributed by atoms with E-state index in [2.05, 4.69) is 31.8 Å². The van der Waals surface area contributed by atoms with Crippen LogP contribution in [-0.2, 0) is 25.5 Å². The van der Waals surface area contributed by atoms with Crippen molar-refractivity contribution in [1.82, 2.24) is 25.2 Å². The van der Waals surface area contributed by atoms with Crippen molar-refractivity contribution in [3.63, 3.8) is 0 Å². The minimum absolute atomic E-state index is 0.177. The Morgan fingerprint density at radius 3 is 2.30 bits per heavy atom. The van der Waals surface area contributed by atoms with Gasteiger partial charge < -0.3 is 35.3 Å². The number of imidazole rings is 1. The molecule has 12 nitrogen and oxygen atoms in total. The van der Waals surface area contributed by atoms with Gasteiger partial charge in [0.1, 0.15) is 28.7 Å². The van der Waals surface area contributed by atoms with Gasteiger partial charge in [0, 0.05) is 50.1 Å².